The van der Waals surface area contributed by atoms with Gasteiger partial charge in [-0.2, -0.15) is 0 Å². The highest BCUT2D eigenvalue weighted by atomic mass is 16.2. The highest BCUT2D eigenvalue weighted by Gasteiger charge is 2.29. The number of hydrogen-bond acceptors (Lipinski definition) is 4. The van der Waals surface area contributed by atoms with Crippen LogP contribution in [0, 0.1) is 0 Å². The molecule has 2 aromatic rings. The number of nitrogens with one attached hydrogen (secondary N) is 1. The van der Waals surface area contributed by atoms with Gasteiger partial charge in [0.2, 0.25) is 5.91 Å². The summed E-state index contributed by atoms with van der Waals surface area (Å²) in [6, 6.07) is 3.54. The summed E-state index contributed by atoms with van der Waals surface area (Å²) in [5, 5.41) is 11.2. The zero-order chi connectivity index (χ0) is 15.7. The van der Waals surface area contributed by atoms with Crippen LogP contribution >= 0.6 is 0 Å². The number of aromatic nitrogens is 3. The minimum absolute atomic E-state index is 0.0827. The molecule has 0 aromatic carbocycles. The SMILES string of the molecule is CCNC(=O)c1ccc2nnc([C@H]3CCN(C(C)=O)C3)n2c1. The Morgan fingerprint density at radius 1 is 1.36 bits per heavy atom. The summed E-state index contributed by atoms with van der Waals surface area (Å²) in [7, 11) is 0. The van der Waals surface area contributed by atoms with Gasteiger partial charge in [-0.15, -0.1) is 10.2 Å². The summed E-state index contributed by atoms with van der Waals surface area (Å²) in [6.45, 7) is 5.45. The zero-order valence-electron chi connectivity index (χ0n) is 12.7. The van der Waals surface area contributed by atoms with Crippen LogP contribution in [0.4, 0.5) is 0 Å². The minimum atomic E-state index is -0.110. The molecule has 0 unspecified atom stereocenters. The second-order valence-electron chi connectivity index (χ2n) is 5.51. The number of carbonyl (C=O) groups is 2. The summed E-state index contributed by atoms with van der Waals surface area (Å²) in [5.41, 5.74) is 1.29. The molecule has 3 rings (SSSR count). The van der Waals surface area contributed by atoms with Gasteiger partial charge in [-0.3, -0.25) is 14.0 Å². The maximum atomic E-state index is 12.0. The van der Waals surface area contributed by atoms with Crippen molar-refractivity contribution in [2.75, 3.05) is 19.6 Å². The van der Waals surface area contributed by atoms with E-state index in [4.69, 9.17) is 0 Å². The van der Waals surface area contributed by atoms with Gasteiger partial charge in [-0.25, -0.2) is 0 Å². The number of carbonyl (C=O) groups excluding carboxylic acids is 2. The summed E-state index contributed by atoms with van der Waals surface area (Å²) in [6.07, 6.45) is 2.64. The van der Waals surface area contributed by atoms with Crippen LogP contribution in [0.5, 0.6) is 0 Å². The highest BCUT2D eigenvalue weighted by molar-refractivity contribution is 5.94. The van der Waals surface area contributed by atoms with Crippen molar-refractivity contribution in [1.29, 1.82) is 0 Å². The van der Waals surface area contributed by atoms with E-state index in [0.717, 1.165) is 18.8 Å². The number of nitrogens with zero attached hydrogens (tertiary/aromatic N) is 4. The molecule has 1 N–H and O–H groups in total. The third-order valence-corrected chi connectivity index (χ3v) is 4.03. The molecule has 116 valence electrons. The minimum Gasteiger partial charge on any atom is -0.352 e. The number of likely N-dealkylation sites (tertiary alicyclic amines) is 1. The molecule has 0 spiro atoms. The van der Waals surface area contributed by atoms with E-state index in [-0.39, 0.29) is 17.7 Å². The average molecular weight is 301 g/mol. The Kier molecular flexibility index (Phi) is 3.79. The fourth-order valence-electron chi connectivity index (χ4n) is 2.84. The van der Waals surface area contributed by atoms with Gasteiger partial charge in [0.05, 0.1) is 5.56 Å². The molecule has 1 fully saturated rings. The first-order valence-electron chi connectivity index (χ1n) is 7.48. The zero-order valence-corrected chi connectivity index (χ0v) is 12.7. The lowest BCUT2D eigenvalue weighted by atomic mass is 10.1. The molecule has 2 amide bonds. The van der Waals surface area contributed by atoms with Gasteiger partial charge in [0.15, 0.2) is 5.65 Å². The number of pyridine rings is 1. The number of hydrogen-bond donors (Lipinski definition) is 1. The second kappa shape index (κ2) is 5.75. The lowest BCUT2D eigenvalue weighted by Crippen LogP contribution is -2.25. The van der Waals surface area contributed by atoms with Crippen molar-refractivity contribution in [3.05, 3.63) is 29.7 Å². The summed E-state index contributed by atoms with van der Waals surface area (Å²) >= 11 is 0. The van der Waals surface area contributed by atoms with Crippen molar-refractivity contribution in [2.24, 2.45) is 0 Å². The molecule has 3 heterocycles. The van der Waals surface area contributed by atoms with Gasteiger partial charge in [-0.1, -0.05) is 0 Å². The van der Waals surface area contributed by atoms with Gasteiger partial charge in [-0.05, 0) is 25.5 Å². The van der Waals surface area contributed by atoms with Gasteiger partial charge in [0.1, 0.15) is 5.82 Å². The smallest absolute Gasteiger partial charge is 0.252 e. The topological polar surface area (TPSA) is 79.6 Å². The molecule has 1 aliphatic rings. The van der Waals surface area contributed by atoms with Crippen molar-refractivity contribution >= 4 is 17.5 Å². The van der Waals surface area contributed by atoms with Crippen LogP contribution < -0.4 is 5.32 Å². The molecule has 1 aliphatic heterocycles. The molecule has 0 saturated carbocycles. The quantitative estimate of drug-likeness (QED) is 0.910. The summed E-state index contributed by atoms with van der Waals surface area (Å²) in [5.74, 6) is 0.938. The van der Waals surface area contributed by atoms with E-state index in [1.165, 1.54) is 0 Å². The molecule has 1 saturated heterocycles. The lowest BCUT2D eigenvalue weighted by molar-refractivity contribution is -0.127. The van der Waals surface area contributed by atoms with Crippen LogP contribution in [0.15, 0.2) is 18.3 Å². The van der Waals surface area contributed by atoms with Crippen molar-refractivity contribution < 1.29 is 9.59 Å². The monoisotopic (exact) mass is 301 g/mol. The molecule has 7 nitrogen and oxygen atoms in total. The Bertz CT molecular complexity index is 724. The van der Waals surface area contributed by atoms with Crippen molar-refractivity contribution in [2.45, 2.75) is 26.2 Å². The van der Waals surface area contributed by atoms with Crippen LogP contribution in [0.3, 0.4) is 0 Å². The molecule has 0 radical (unpaired) electrons. The fourth-order valence-corrected chi connectivity index (χ4v) is 2.84. The molecular weight excluding hydrogens is 282 g/mol. The first-order valence-corrected chi connectivity index (χ1v) is 7.48. The summed E-state index contributed by atoms with van der Waals surface area (Å²) in [4.78, 5) is 25.3. The molecule has 1 atom stereocenters. The summed E-state index contributed by atoms with van der Waals surface area (Å²) < 4.78 is 1.86. The first kappa shape index (κ1) is 14.5. The molecule has 7 heteroatoms. The standard InChI is InChI=1S/C15H19N5O2/c1-3-16-15(22)12-4-5-13-17-18-14(20(13)9-12)11-6-7-19(8-11)10(2)21/h4-5,9,11H,3,6-8H2,1-2H3,(H,16,22)/t11-/m0/s1. The van der Waals surface area contributed by atoms with Crippen molar-refractivity contribution in [3.8, 4) is 0 Å². The van der Waals surface area contributed by atoms with E-state index in [1.54, 1.807) is 25.3 Å². The third kappa shape index (κ3) is 2.54. The highest BCUT2D eigenvalue weighted by Crippen LogP contribution is 2.26. The number of amides is 2. The van der Waals surface area contributed by atoms with Crippen LogP contribution in [-0.2, 0) is 4.79 Å². The van der Waals surface area contributed by atoms with E-state index < -0.39 is 0 Å². The Hall–Kier alpha value is -2.44. The van der Waals surface area contributed by atoms with E-state index in [9.17, 15) is 9.59 Å². The van der Waals surface area contributed by atoms with Crippen molar-refractivity contribution in [3.63, 3.8) is 0 Å². The molecule has 2 aromatic heterocycles. The second-order valence-corrected chi connectivity index (χ2v) is 5.51. The third-order valence-electron chi connectivity index (χ3n) is 4.03. The van der Waals surface area contributed by atoms with Crippen LogP contribution in [-0.4, -0.2) is 50.9 Å². The average Bonchev–Trinajstić information content (AvgIpc) is 3.13. The lowest BCUT2D eigenvalue weighted by Gasteiger charge is -2.13. The Morgan fingerprint density at radius 3 is 2.86 bits per heavy atom. The first-order chi connectivity index (χ1) is 10.6. The maximum Gasteiger partial charge on any atom is 0.252 e. The Morgan fingerprint density at radius 2 is 2.18 bits per heavy atom. The van der Waals surface area contributed by atoms with E-state index >= 15 is 0 Å². The molecule has 0 aliphatic carbocycles. The van der Waals surface area contributed by atoms with E-state index in [2.05, 4.69) is 15.5 Å². The van der Waals surface area contributed by atoms with E-state index in [1.807, 2.05) is 16.2 Å². The van der Waals surface area contributed by atoms with Crippen molar-refractivity contribution in [1.82, 2.24) is 24.8 Å². The fraction of sp³-hybridized carbons (Fsp3) is 0.467. The van der Waals surface area contributed by atoms with Crippen LogP contribution in [0.25, 0.3) is 5.65 Å². The van der Waals surface area contributed by atoms with E-state index in [0.29, 0.717) is 24.3 Å². The van der Waals surface area contributed by atoms with Gasteiger partial charge in [0, 0.05) is 38.7 Å². The molecule has 0 bridgehead atoms. The largest absolute Gasteiger partial charge is 0.352 e. The molecular formula is C15H19N5O2. The predicted octanol–water partition coefficient (Wildman–Crippen LogP) is 0.815. The van der Waals surface area contributed by atoms with Crippen LogP contribution in [0.1, 0.15) is 42.4 Å². The number of fused-ring (bicyclic) bond motifs is 1. The van der Waals surface area contributed by atoms with Gasteiger partial charge < -0.3 is 10.2 Å². The Balaban J connectivity index is 1.92. The maximum absolute atomic E-state index is 12.0. The Labute approximate surface area is 128 Å². The van der Waals surface area contributed by atoms with Crippen LogP contribution in [0.2, 0.25) is 0 Å². The van der Waals surface area contributed by atoms with Gasteiger partial charge >= 0.3 is 0 Å². The molecule has 22 heavy (non-hydrogen) atoms. The van der Waals surface area contributed by atoms with Gasteiger partial charge in [0.25, 0.3) is 5.91 Å². The number of rotatable bonds is 3. The normalized spacial score (nSPS) is 17.9. The predicted molar refractivity (Wildman–Crippen MR) is 80.6 cm³/mol.